The molecule has 0 radical (unpaired) electrons. The van der Waals surface area contributed by atoms with Crippen molar-refractivity contribution in [2.45, 2.75) is 0 Å². The van der Waals surface area contributed by atoms with Gasteiger partial charge in [-0.05, 0) is 24.3 Å². The van der Waals surface area contributed by atoms with Gasteiger partial charge in [-0.3, -0.25) is 4.79 Å². The first kappa shape index (κ1) is 16.7. The fourth-order valence-electron chi connectivity index (χ4n) is 1.64. The summed E-state index contributed by atoms with van der Waals surface area (Å²) in [4.78, 5) is 11.8. The van der Waals surface area contributed by atoms with Crippen LogP contribution in [0.2, 0.25) is 10.0 Å². The zero-order chi connectivity index (χ0) is 17.1. The van der Waals surface area contributed by atoms with Gasteiger partial charge >= 0.3 is 0 Å². The van der Waals surface area contributed by atoms with Crippen molar-refractivity contribution < 1.29 is 25.2 Å². The van der Waals surface area contributed by atoms with Crippen molar-refractivity contribution in [3.05, 3.63) is 45.4 Å². The van der Waals surface area contributed by atoms with Gasteiger partial charge in [0.1, 0.15) is 5.75 Å². The highest BCUT2D eigenvalue weighted by molar-refractivity contribution is 6.36. The Kier molecular flexibility index (Phi) is 4.83. The Morgan fingerprint density at radius 2 is 1.61 bits per heavy atom. The number of phenols is 4. The van der Waals surface area contributed by atoms with Crippen molar-refractivity contribution in [2.24, 2.45) is 5.10 Å². The summed E-state index contributed by atoms with van der Waals surface area (Å²) in [6.07, 6.45) is 1.12. The summed E-state index contributed by atoms with van der Waals surface area (Å²) in [7, 11) is 0. The Hall–Kier alpha value is -2.64. The van der Waals surface area contributed by atoms with Crippen LogP contribution in [0.15, 0.2) is 29.4 Å². The molecule has 0 aliphatic rings. The molecule has 2 rings (SSSR count). The average Bonchev–Trinajstić information content (AvgIpc) is 2.48. The Labute approximate surface area is 140 Å². The van der Waals surface area contributed by atoms with Gasteiger partial charge in [0.15, 0.2) is 17.2 Å². The lowest BCUT2D eigenvalue weighted by Gasteiger charge is -2.05. The molecule has 0 aliphatic heterocycles. The van der Waals surface area contributed by atoms with Gasteiger partial charge in [0.2, 0.25) is 0 Å². The van der Waals surface area contributed by atoms with E-state index in [4.69, 9.17) is 23.2 Å². The van der Waals surface area contributed by atoms with Crippen molar-refractivity contribution in [3.63, 3.8) is 0 Å². The number of carbonyl (C=O) groups excluding carboxylic acids is 1. The van der Waals surface area contributed by atoms with E-state index in [0.29, 0.717) is 0 Å². The maximum absolute atomic E-state index is 11.8. The molecule has 0 aliphatic carbocycles. The van der Waals surface area contributed by atoms with Gasteiger partial charge in [0, 0.05) is 16.1 Å². The van der Waals surface area contributed by atoms with Crippen LogP contribution >= 0.6 is 23.2 Å². The van der Waals surface area contributed by atoms with Crippen LogP contribution in [0, 0.1) is 0 Å². The fraction of sp³-hybridized carbons (Fsp3) is 0. The lowest BCUT2D eigenvalue weighted by Crippen LogP contribution is -2.17. The zero-order valence-corrected chi connectivity index (χ0v) is 12.8. The predicted octanol–water partition coefficient (Wildman–Crippen LogP) is 2.58. The molecule has 0 fully saturated rings. The highest BCUT2D eigenvalue weighted by atomic mass is 35.5. The van der Waals surface area contributed by atoms with Gasteiger partial charge in [0.05, 0.1) is 11.2 Å². The van der Waals surface area contributed by atoms with Crippen LogP contribution in [0.5, 0.6) is 23.0 Å². The van der Waals surface area contributed by atoms with E-state index in [0.717, 1.165) is 18.3 Å². The van der Waals surface area contributed by atoms with Crippen LogP contribution in [0.25, 0.3) is 0 Å². The molecule has 2 aromatic rings. The third-order valence-corrected chi connectivity index (χ3v) is 3.27. The molecular weight excluding hydrogens is 347 g/mol. The maximum Gasteiger partial charge on any atom is 0.271 e. The number of amides is 1. The minimum atomic E-state index is -0.764. The summed E-state index contributed by atoms with van der Waals surface area (Å²) in [5.74, 6) is -3.06. The first-order valence-corrected chi connectivity index (χ1v) is 6.81. The summed E-state index contributed by atoms with van der Waals surface area (Å²) in [6, 6.07) is 4.63. The molecule has 1 amide bonds. The molecule has 2 aromatic carbocycles. The predicted molar refractivity (Wildman–Crippen MR) is 84.6 cm³/mol. The van der Waals surface area contributed by atoms with Gasteiger partial charge in [-0.15, -0.1) is 0 Å². The summed E-state index contributed by atoms with van der Waals surface area (Å²) in [6.45, 7) is 0. The van der Waals surface area contributed by atoms with Gasteiger partial charge < -0.3 is 20.4 Å². The van der Waals surface area contributed by atoms with E-state index >= 15 is 0 Å². The number of nitrogens with zero attached hydrogens (tertiary/aromatic N) is 1. The second-order valence-corrected chi connectivity index (χ2v) is 5.23. The van der Waals surface area contributed by atoms with E-state index in [1.54, 1.807) is 0 Å². The number of rotatable bonds is 3. The lowest BCUT2D eigenvalue weighted by molar-refractivity contribution is 0.0954. The van der Waals surface area contributed by atoms with Crippen LogP contribution in [0.1, 0.15) is 15.9 Å². The number of carbonyl (C=O) groups is 1. The molecule has 23 heavy (non-hydrogen) atoms. The number of hydrazone groups is 1. The second-order valence-electron chi connectivity index (χ2n) is 4.39. The molecule has 5 N–H and O–H groups in total. The highest BCUT2D eigenvalue weighted by Gasteiger charge is 2.13. The van der Waals surface area contributed by atoms with E-state index in [2.05, 4.69) is 10.5 Å². The fourth-order valence-corrected chi connectivity index (χ4v) is 2.15. The molecule has 0 bridgehead atoms. The smallest absolute Gasteiger partial charge is 0.271 e. The second kappa shape index (κ2) is 6.64. The minimum Gasteiger partial charge on any atom is -0.506 e. The number of phenolic OH excluding ortho intramolecular Hbond substituents is 4. The number of hydrogen-bond acceptors (Lipinski definition) is 6. The van der Waals surface area contributed by atoms with Crippen LogP contribution in [-0.4, -0.2) is 32.5 Å². The zero-order valence-electron chi connectivity index (χ0n) is 11.3. The standard InChI is InChI=1S/C14H10Cl2N2O5/c15-8-1-7(12(21)9(16)4-8)5-17-18-14(23)6-2-10(19)13(22)11(20)3-6/h1-5,19-22H,(H,18,23). The number of aromatic hydroxyl groups is 4. The first-order valence-electron chi connectivity index (χ1n) is 6.06. The summed E-state index contributed by atoms with van der Waals surface area (Å²) in [5, 5.41) is 41.5. The van der Waals surface area contributed by atoms with Crippen LogP contribution in [0.3, 0.4) is 0 Å². The Morgan fingerprint density at radius 3 is 2.22 bits per heavy atom. The topological polar surface area (TPSA) is 122 Å². The van der Waals surface area contributed by atoms with Gasteiger partial charge in [-0.2, -0.15) is 5.10 Å². The van der Waals surface area contributed by atoms with Gasteiger partial charge in [-0.1, -0.05) is 23.2 Å². The van der Waals surface area contributed by atoms with Crippen molar-refractivity contribution in [1.82, 2.24) is 5.43 Å². The molecule has 7 nitrogen and oxygen atoms in total. The molecule has 0 heterocycles. The largest absolute Gasteiger partial charge is 0.506 e. The number of halogens is 2. The Morgan fingerprint density at radius 1 is 1.00 bits per heavy atom. The summed E-state index contributed by atoms with van der Waals surface area (Å²) in [5.41, 5.74) is 2.16. The molecule has 9 heteroatoms. The molecular formula is C14H10Cl2N2O5. The third kappa shape index (κ3) is 3.77. The summed E-state index contributed by atoms with van der Waals surface area (Å²) < 4.78 is 0. The quantitative estimate of drug-likeness (QED) is 0.328. The van der Waals surface area contributed by atoms with Crippen molar-refractivity contribution in [3.8, 4) is 23.0 Å². The number of nitrogens with one attached hydrogen (secondary N) is 1. The van der Waals surface area contributed by atoms with Gasteiger partial charge in [-0.25, -0.2) is 5.43 Å². The molecule has 0 unspecified atom stereocenters. The molecule has 0 spiro atoms. The van der Waals surface area contributed by atoms with Crippen LogP contribution in [-0.2, 0) is 0 Å². The van der Waals surface area contributed by atoms with E-state index in [-0.39, 0.29) is 26.9 Å². The number of benzene rings is 2. The molecule has 0 aromatic heterocycles. The minimum absolute atomic E-state index is 0.0265. The third-order valence-electron chi connectivity index (χ3n) is 2.76. The van der Waals surface area contributed by atoms with E-state index < -0.39 is 23.2 Å². The normalized spacial score (nSPS) is 10.9. The molecule has 0 saturated heterocycles. The maximum atomic E-state index is 11.8. The number of hydrogen-bond donors (Lipinski definition) is 5. The molecule has 120 valence electrons. The van der Waals surface area contributed by atoms with E-state index in [1.807, 2.05) is 0 Å². The lowest BCUT2D eigenvalue weighted by atomic mass is 10.2. The monoisotopic (exact) mass is 356 g/mol. The van der Waals surface area contributed by atoms with E-state index in [1.165, 1.54) is 12.1 Å². The SMILES string of the molecule is O=C(NN=Cc1cc(Cl)cc(Cl)c1O)c1cc(O)c(O)c(O)c1. The van der Waals surface area contributed by atoms with Crippen molar-refractivity contribution >= 4 is 35.3 Å². The van der Waals surface area contributed by atoms with Crippen molar-refractivity contribution in [2.75, 3.05) is 0 Å². The Bertz CT molecular complexity index is 785. The van der Waals surface area contributed by atoms with Crippen LogP contribution in [0.4, 0.5) is 0 Å². The van der Waals surface area contributed by atoms with Crippen molar-refractivity contribution in [1.29, 1.82) is 0 Å². The first-order chi connectivity index (χ1) is 10.8. The molecule has 0 atom stereocenters. The average molecular weight is 357 g/mol. The molecule has 0 saturated carbocycles. The van der Waals surface area contributed by atoms with Crippen LogP contribution < -0.4 is 5.43 Å². The highest BCUT2D eigenvalue weighted by Crippen LogP contribution is 2.35. The van der Waals surface area contributed by atoms with Gasteiger partial charge in [0.25, 0.3) is 5.91 Å². The Balaban J connectivity index is 2.16. The van der Waals surface area contributed by atoms with E-state index in [9.17, 15) is 25.2 Å². The summed E-state index contributed by atoms with van der Waals surface area (Å²) >= 11 is 11.5.